The molecule has 0 nitrogen and oxygen atoms in total. The molecule has 2 heteroatoms. The first-order valence-electron chi connectivity index (χ1n) is 4.83. The van der Waals surface area contributed by atoms with Gasteiger partial charge in [-0.1, -0.05) is 39.0 Å². The number of halogens is 1. The van der Waals surface area contributed by atoms with Gasteiger partial charge in [-0.25, -0.2) is 0 Å². The minimum atomic E-state index is 0.847. The Labute approximate surface area is 92.2 Å². The van der Waals surface area contributed by atoms with Crippen LogP contribution in [0, 0.1) is 5.92 Å². The molecule has 0 bridgehead atoms. The van der Waals surface area contributed by atoms with Gasteiger partial charge in [-0.2, -0.15) is 20.3 Å². The van der Waals surface area contributed by atoms with Gasteiger partial charge >= 0.3 is 27.0 Å². The molecule has 0 N–H and O–H groups in total. The van der Waals surface area contributed by atoms with Gasteiger partial charge in [-0.15, -0.1) is 0 Å². The van der Waals surface area contributed by atoms with Crippen LogP contribution in [0.1, 0.15) is 59.3 Å². The number of rotatable bonds is 6. The van der Waals surface area contributed by atoms with Gasteiger partial charge in [0.2, 0.25) is 0 Å². The van der Waals surface area contributed by atoms with E-state index in [4.69, 9.17) is 9.69 Å². The van der Waals surface area contributed by atoms with Crippen LogP contribution < -0.4 is 0 Å². The van der Waals surface area contributed by atoms with E-state index in [1.165, 1.54) is 38.5 Å². The minimum absolute atomic E-state index is 0.847. The molecule has 0 saturated heterocycles. The Bertz CT molecular complexity index is 64.9. The van der Waals surface area contributed by atoms with Crippen LogP contribution in [0.3, 0.4) is 0 Å². The topological polar surface area (TPSA) is 0 Å². The standard InChI is InChI=1S/C10H21.ClH.Zn/c1-4-5-6-7-8-9-10(2)3;;/h4-9H2,1-3H3;1H;/q-1;;+2/p-1. The second kappa shape index (κ2) is 14.4. The summed E-state index contributed by atoms with van der Waals surface area (Å²) in [7, 11) is 4.76. The third kappa shape index (κ3) is 17.1. The summed E-state index contributed by atoms with van der Waals surface area (Å²) in [4.78, 5) is 0. The Balaban J connectivity index is 0. The first-order valence-corrected chi connectivity index (χ1v) is 8.73. The van der Waals surface area contributed by atoms with Gasteiger partial charge in [0.1, 0.15) is 0 Å². The number of unbranched alkanes of at least 4 members (excludes halogenated alkanes) is 4. The number of hydrogen-bond acceptors (Lipinski definition) is 0. The van der Waals surface area contributed by atoms with Crippen LogP contribution in [0.2, 0.25) is 0 Å². The van der Waals surface area contributed by atoms with Gasteiger partial charge in [-0.3, -0.25) is 0 Å². The Morgan fingerprint density at radius 3 is 1.92 bits per heavy atom. The molecule has 0 aliphatic heterocycles. The van der Waals surface area contributed by atoms with Gasteiger partial charge in [0.25, 0.3) is 0 Å². The fraction of sp³-hybridized carbons (Fsp3) is 0.900. The van der Waals surface area contributed by atoms with Crippen LogP contribution in [0.25, 0.3) is 0 Å². The summed E-state index contributed by atoms with van der Waals surface area (Å²) >= 11 is 0.847. The van der Waals surface area contributed by atoms with E-state index in [1.54, 1.807) is 5.92 Å². The second-order valence-corrected chi connectivity index (χ2v) is 3.37. The average molecular weight is 242 g/mol. The van der Waals surface area contributed by atoms with Gasteiger partial charge in [-0.05, 0) is 0 Å². The molecule has 0 spiro atoms. The van der Waals surface area contributed by atoms with Crippen molar-refractivity contribution in [3.05, 3.63) is 5.92 Å². The second-order valence-electron chi connectivity index (χ2n) is 3.37. The van der Waals surface area contributed by atoms with Crippen LogP contribution >= 0.6 is 9.69 Å². The van der Waals surface area contributed by atoms with Crippen molar-refractivity contribution in [2.45, 2.75) is 59.3 Å². The normalized spacial score (nSPS) is 9.58. The molecular weight excluding hydrogens is 221 g/mol. The van der Waals surface area contributed by atoms with Crippen molar-refractivity contribution in [3.63, 3.8) is 0 Å². The molecule has 0 atom stereocenters. The van der Waals surface area contributed by atoms with Crippen LogP contribution in [0.5, 0.6) is 0 Å². The van der Waals surface area contributed by atoms with E-state index < -0.39 is 0 Å². The van der Waals surface area contributed by atoms with Crippen LogP contribution in [-0.2, 0) is 17.3 Å². The van der Waals surface area contributed by atoms with E-state index in [2.05, 4.69) is 20.8 Å². The van der Waals surface area contributed by atoms with Crippen molar-refractivity contribution in [2.24, 2.45) is 0 Å². The maximum atomic E-state index is 4.76. The maximum absolute atomic E-state index is 4.76. The molecule has 0 amide bonds. The zero-order valence-electron chi connectivity index (χ0n) is 8.83. The molecule has 0 radical (unpaired) electrons. The molecule has 0 unspecified atom stereocenters. The van der Waals surface area contributed by atoms with E-state index >= 15 is 0 Å². The van der Waals surface area contributed by atoms with Crippen LogP contribution in [0.15, 0.2) is 0 Å². The van der Waals surface area contributed by atoms with E-state index in [0.29, 0.717) is 0 Å². The molecule has 0 aromatic heterocycles. The molecule has 0 fully saturated rings. The molecule has 0 aliphatic carbocycles. The monoisotopic (exact) mass is 240 g/mol. The van der Waals surface area contributed by atoms with Gasteiger partial charge in [0.05, 0.1) is 0 Å². The summed E-state index contributed by atoms with van der Waals surface area (Å²) < 4.78 is 0. The van der Waals surface area contributed by atoms with E-state index in [-0.39, 0.29) is 0 Å². The Kier molecular flexibility index (Phi) is 18.5. The first-order chi connectivity index (χ1) is 5.77. The molecule has 0 heterocycles. The third-order valence-electron chi connectivity index (χ3n) is 1.78. The van der Waals surface area contributed by atoms with Crippen molar-refractivity contribution >= 4 is 9.69 Å². The predicted octanol–water partition coefficient (Wildman–Crippen LogP) is 4.65. The van der Waals surface area contributed by atoms with Gasteiger partial charge < -0.3 is 5.92 Å². The molecule has 0 aromatic carbocycles. The average Bonchev–Trinajstić information content (AvgIpc) is 2.07. The summed E-state index contributed by atoms with van der Waals surface area (Å²) in [6.45, 7) is 6.71. The Morgan fingerprint density at radius 2 is 1.50 bits per heavy atom. The molecule has 70 valence electrons. The fourth-order valence-electron chi connectivity index (χ4n) is 1.08. The predicted molar refractivity (Wildman–Crippen MR) is 53.8 cm³/mol. The van der Waals surface area contributed by atoms with E-state index in [9.17, 15) is 0 Å². The summed E-state index contributed by atoms with van der Waals surface area (Å²) in [5, 5.41) is 0. The van der Waals surface area contributed by atoms with Crippen molar-refractivity contribution < 1.29 is 17.3 Å². The summed E-state index contributed by atoms with van der Waals surface area (Å²) in [5.74, 6) is 1.58. The summed E-state index contributed by atoms with van der Waals surface area (Å²) in [6, 6.07) is 0. The fourth-order valence-corrected chi connectivity index (χ4v) is 1.08. The van der Waals surface area contributed by atoms with Crippen molar-refractivity contribution in [1.82, 2.24) is 0 Å². The van der Waals surface area contributed by atoms with E-state index in [1.807, 2.05) is 0 Å². The Hall–Kier alpha value is 0.913. The van der Waals surface area contributed by atoms with Crippen molar-refractivity contribution in [1.29, 1.82) is 0 Å². The van der Waals surface area contributed by atoms with Crippen molar-refractivity contribution in [3.8, 4) is 0 Å². The van der Waals surface area contributed by atoms with Gasteiger partial charge in [0, 0.05) is 0 Å². The summed E-state index contributed by atoms with van der Waals surface area (Å²) in [6.07, 6.45) is 8.38. The molecule has 0 saturated carbocycles. The zero-order valence-corrected chi connectivity index (χ0v) is 12.6. The van der Waals surface area contributed by atoms with Crippen molar-refractivity contribution in [2.75, 3.05) is 0 Å². The molecule has 0 aliphatic rings. The third-order valence-corrected chi connectivity index (χ3v) is 1.78. The molecular formula is C10H21ClZn. The quantitative estimate of drug-likeness (QED) is 0.361. The van der Waals surface area contributed by atoms with E-state index in [0.717, 1.165) is 17.3 Å². The number of hydrogen-bond donors (Lipinski definition) is 0. The molecule has 0 rings (SSSR count). The van der Waals surface area contributed by atoms with Crippen LogP contribution in [0.4, 0.5) is 0 Å². The van der Waals surface area contributed by atoms with Gasteiger partial charge in [0.15, 0.2) is 0 Å². The first kappa shape index (κ1) is 15.4. The summed E-state index contributed by atoms with van der Waals surface area (Å²) in [5.41, 5.74) is 0. The van der Waals surface area contributed by atoms with Crippen LogP contribution in [-0.4, -0.2) is 0 Å². The molecule has 12 heavy (non-hydrogen) atoms. The molecule has 0 aromatic rings. The SMILES string of the molecule is CCCCCCC[C-](C)C.[Cl][Zn+]. The zero-order chi connectivity index (χ0) is 9.82. The Morgan fingerprint density at radius 1 is 1.00 bits per heavy atom.